The first-order valence-corrected chi connectivity index (χ1v) is 6.90. The summed E-state index contributed by atoms with van der Waals surface area (Å²) in [5.74, 6) is 0.795. The lowest BCUT2D eigenvalue weighted by molar-refractivity contribution is 0.0958. The van der Waals surface area contributed by atoms with Crippen molar-refractivity contribution in [2.24, 2.45) is 0 Å². The van der Waals surface area contributed by atoms with Crippen LogP contribution in [-0.2, 0) is 0 Å². The van der Waals surface area contributed by atoms with Crippen molar-refractivity contribution in [1.82, 2.24) is 10.2 Å². The maximum Gasteiger partial charge on any atom is 0.251 e. The van der Waals surface area contributed by atoms with Gasteiger partial charge in [-0.25, -0.2) is 8.78 Å². The van der Waals surface area contributed by atoms with Crippen LogP contribution in [0.4, 0.5) is 8.78 Å². The zero-order chi connectivity index (χ0) is 15.0. The fourth-order valence-electron chi connectivity index (χ4n) is 2.06. The van der Waals surface area contributed by atoms with E-state index in [-0.39, 0.29) is 12.6 Å². The van der Waals surface area contributed by atoms with Gasteiger partial charge in [0.15, 0.2) is 0 Å². The van der Waals surface area contributed by atoms with Gasteiger partial charge in [0.2, 0.25) is 0 Å². The van der Waals surface area contributed by atoms with Crippen LogP contribution in [0, 0.1) is 0 Å². The Balaban J connectivity index is 2.71. The predicted octanol–water partition coefficient (Wildman–Crippen LogP) is 2.93. The van der Waals surface area contributed by atoms with Crippen LogP contribution < -0.4 is 10.1 Å². The van der Waals surface area contributed by atoms with Crippen LogP contribution in [0.25, 0.3) is 0 Å². The standard InChI is InChI=1S/C15H24F2N2O/c1-4-9-18-14(10-19(2)11-15(16)17)12-5-7-13(20-3)8-6-12/h5-8,14-15,18H,4,9-11H2,1-3H3. The molecule has 3 nitrogen and oxygen atoms in total. The minimum atomic E-state index is -2.30. The number of rotatable bonds is 9. The van der Waals surface area contributed by atoms with Gasteiger partial charge in [0.25, 0.3) is 6.43 Å². The number of alkyl halides is 2. The van der Waals surface area contributed by atoms with E-state index in [0.717, 1.165) is 24.3 Å². The van der Waals surface area contributed by atoms with E-state index in [2.05, 4.69) is 12.2 Å². The molecule has 20 heavy (non-hydrogen) atoms. The molecule has 1 rings (SSSR count). The first-order valence-electron chi connectivity index (χ1n) is 6.90. The van der Waals surface area contributed by atoms with Crippen molar-refractivity contribution in [2.45, 2.75) is 25.8 Å². The van der Waals surface area contributed by atoms with Crippen LogP contribution >= 0.6 is 0 Å². The zero-order valence-electron chi connectivity index (χ0n) is 12.4. The lowest BCUT2D eigenvalue weighted by atomic mass is 10.1. The zero-order valence-corrected chi connectivity index (χ0v) is 12.4. The largest absolute Gasteiger partial charge is 0.497 e. The molecule has 0 bridgehead atoms. The molecule has 5 heteroatoms. The number of hydrogen-bond donors (Lipinski definition) is 1. The van der Waals surface area contributed by atoms with Crippen molar-refractivity contribution < 1.29 is 13.5 Å². The molecule has 0 aliphatic rings. The van der Waals surface area contributed by atoms with Crippen molar-refractivity contribution in [3.8, 4) is 5.75 Å². The molecule has 1 unspecified atom stereocenters. The highest BCUT2D eigenvalue weighted by atomic mass is 19.3. The number of benzene rings is 1. The van der Waals surface area contributed by atoms with Gasteiger partial charge in [0.1, 0.15) is 5.75 Å². The van der Waals surface area contributed by atoms with Crippen LogP contribution in [0.2, 0.25) is 0 Å². The number of likely N-dealkylation sites (N-methyl/N-ethyl adjacent to an activating group) is 1. The highest BCUT2D eigenvalue weighted by Gasteiger charge is 2.16. The monoisotopic (exact) mass is 286 g/mol. The number of methoxy groups -OCH3 is 1. The maximum absolute atomic E-state index is 12.4. The minimum Gasteiger partial charge on any atom is -0.497 e. The van der Waals surface area contributed by atoms with Gasteiger partial charge in [0.05, 0.1) is 13.7 Å². The summed E-state index contributed by atoms with van der Waals surface area (Å²) >= 11 is 0. The summed E-state index contributed by atoms with van der Waals surface area (Å²) < 4.78 is 30.0. The first-order chi connectivity index (χ1) is 9.56. The van der Waals surface area contributed by atoms with Gasteiger partial charge in [-0.05, 0) is 37.7 Å². The molecule has 0 saturated heterocycles. The molecule has 0 aromatic heterocycles. The number of halogens is 2. The molecule has 0 spiro atoms. The second kappa shape index (κ2) is 8.87. The van der Waals surface area contributed by atoms with Crippen LogP contribution in [0.15, 0.2) is 24.3 Å². The van der Waals surface area contributed by atoms with Crippen LogP contribution in [0.3, 0.4) is 0 Å². The number of nitrogens with zero attached hydrogens (tertiary/aromatic N) is 1. The third kappa shape index (κ3) is 5.84. The van der Waals surface area contributed by atoms with Crippen LogP contribution in [0.5, 0.6) is 5.75 Å². The van der Waals surface area contributed by atoms with E-state index in [9.17, 15) is 8.78 Å². The van der Waals surface area contributed by atoms with Gasteiger partial charge in [-0.2, -0.15) is 0 Å². The Morgan fingerprint density at radius 3 is 2.35 bits per heavy atom. The van der Waals surface area contributed by atoms with Gasteiger partial charge in [-0.15, -0.1) is 0 Å². The Hall–Kier alpha value is -1.20. The molecule has 0 radical (unpaired) electrons. The summed E-state index contributed by atoms with van der Waals surface area (Å²) in [6.07, 6.45) is -1.30. The molecule has 1 aromatic rings. The van der Waals surface area contributed by atoms with E-state index in [4.69, 9.17) is 4.74 Å². The molecule has 0 heterocycles. The second-order valence-electron chi connectivity index (χ2n) is 4.89. The van der Waals surface area contributed by atoms with Gasteiger partial charge in [0, 0.05) is 12.6 Å². The topological polar surface area (TPSA) is 24.5 Å². The van der Waals surface area contributed by atoms with Gasteiger partial charge in [-0.1, -0.05) is 19.1 Å². The van der Waals surface area contributed by atoms with Crippen LogP contribution in [0.1, 0.15) is 24.9 Å². The first kappa shape index (κ1) is 16.9. The number of hydrogen-bond acceptors (Lipinski definition) is 3. The van der Waals surface area contributed by atoms with Crippen molar-refractivity contribution in [1.29, 1.82) is 0 Å². The summed E-state index contributed by atoms with van der Waals surface area (Å²) in [5, 5.41) is 3.40. The van der Waals surface area contributed by atoms with E-state index >= 15 is 0 Å². The summed E-state index contributed by atoms with van der Waals surface area (Å²) in [4.78, 5) is 1.65. The third-order valence-electron chi connectivity index (χ3n) is 3.10. The number of nitrogens with one attached hydrogen (secondary N) is 1. The normalized spacial score (nSPS) is 12.9. The minimum absolute atomic E-state index is 0.0459. The molecule has 0 fully saturated rings. The summed E-state index contributed by atoms with van der Waals surface area (Å²) in [5.41, 5.74) is 1.08. The Labute approximate surface area is 119 Å². The van der Waals surface area contributed by atoms with E-state index in [1.165, 1.54) is 0 Å². The Kier molecular flexibility index (Phi) is 7.47. The third-order valence-corrected chi connectivity index (χ3v) is 3.10. The molecule has 114 valence electrons. The van der Waals surface area contributed by atoms with Crippen molar-refractivity contribution in [3.05, 3.63) is 29.8 Å². The summed E-state index contributed by atoms with van der Waals surface area (Å²) in [7, 11) is 3.34. The van der Waals surface area contributed by atoms with E-state index in [0.29, 0.717) is 6.54 Å². The fraction of sp³-hybridized carbons (Fsp3) is 0.600. The molecule has 1 N–H and O–H groups in total. The molecular weight excluding hydrogens is 262 g/mol. The molecular formula is C15H24F2N2O. The van der Waals surface area contributed by atoms with Crippen LogP contribution in [-0.4, -0.2) is 45.1 Å². The average molecular weight is 286 g/mol. The Morgan fingerprint density at radius 1 is 1.20 bits per heavy atom. The van der Waals surface area contributed by atoms with Crippen molar-refractivity contribution >= 4 is 0 Å². The molecule has 0 amide bonds. The van der Waals surface area contributed by atoms with Gasteiger partial charge >= 0.3 is 0 Å². The second-order valence-corrected chi connectivity index (χ2v) is 4.89. The predicted molar refractivity (Wildman–Crippen MR) is 77.5 cm³/mol. The summed E-state index contributed by atoms with van der Waals surface area (Å²) in [6, 6.07) is 7.78. The SMILES string of the molecule is CCCNC(CN(C)CC(F)F)c1ccc(OC)cc1. The molecule has 0 aliphatic heterocycles. The lowest BCUT2D eigenvalue weighted by Gasteiger charge is -2.25. The number of ether oxygens (including phenoxy) is 1. The van der Waals surface area contributed by atoms with Gasteiger partial charge in [-0.3, -0.25) is 4.90 Å². The maximum atomic E-state index is 12.4. The lowest BCUT2D eigenvalue weighted by Crippen LogP contribution is -2.35. The fourth-order valence-corrected chi connectivity index (χ4v) is 2.06. The van der Waals surface area contributed by atoms with Crippen molar-refractivity contribution in [2.75, 3.05) is 33.8 Å². The summed E-state index contributed by atoms with van der Waals surface area (Å²) in [6.45, 7) is 3.29. The molecule has 1 aromatic carbocycles. The van der Waals surface area contributed by atoms with E-state index in [1.54, 1.807) is 19.1 Å². The van der Waals surface area contributed by atoms with E-state index in [1.807, 2.05) is 24.3 Å². The molecule has 0 aliphatic carbocycles. The van der Waals surface area contributed by atoms with E-state index < -0.39 is 6.43 Å². The Morgan fingerprint density at radius 2 is 1.85 bits per heavy atom. The average Bonchev–Trinajstić information content (AvgIpc) is 2.42. The Bertz CT molecular complexity index is 371. The smallest absolute Gasteiger partial charge is 0.251 e. The highest BCUT2D eigenvalue weighted by Crippen LogP contribution is 2.18. The van der Waals surface area contributed by atoms with Crippen molar-refractivity contribution in [3.63, 3.8) is 0 Å². The quantitative estimate of drug-likeness (QED) is 0.755. The molecule has 1 atom stereocenters. The molecule has 0 saturated carbocycles. The highest BCUT2D eigenvalue weighted by molar-refractivity contribution is 5.29. The van der Waals surface area contributed by atoms with Gasteiger partial charge < -0.3 is 10.1 Å².